The van der Waals surface area contributed by atoms with Crippen LogP contribution in [0.3, 0.4) is 0 Å². The van der Waals surface area contributed by atoms with Crippen LogP contribution in [0.2, 0.25) is 0 Å². The van der Waals surface area contributed by atoms with Gasteiger partial charge in [0.1, 0.15) is 0 Å². The first-order valence-corrected chi connectivity index (χ1v) is 6.33. The van der Waals surface area contributed by atoms with E-state index in [1.165, 1.54) is 12.8 Å². The standard InChI is InChI=1S/C14H22N2/c1-10(2)12-8-13(9-12)16-11(3)14-6-4-5-7-15-14/h4-7,10-13,16H,8-9H2,1-3H3/t11-,12?,13?/m0/s1. The summed E-state index contributed by atoms with van der Waals surface area (Å²) in [6.45, 7) is 6.84. The van der Waals surface area contributed by atoms with Crippen molar-refractivity contribution < 1.29 is 0 Å². The van der Waals surface area contributed by atoms with Gasteiger partial charge in [-0.15, -0.1) is 0 Å². The van der Waals surface area contributed by atoms with Crippen molar-refractivity contribution in [2.24, 2.45) is 11.8 Å². The zero-order valence-corrected chi connectivity index (χ0v) is 10.5. The van der Waals surface area contributed by atoms with Crippen LogP contribution < -0.4 is 5.32 Å². The van der Waals surface area contributed by atoms with E-state index in [0.717, 1.165) is 17.5 Å². The van der Waals surface area contributed by atoms with Crippen molar-refractivity contribution in [1.82, 2.24) is 10.3 Å². The molecule has 1 aromatic heterocycles. The first kappa shape index (κ1) is 11.6. The fraction of sp³-hybridized carbons (Fsp3) is 0.643. The number of hydrogen-bond acceptors (Lipinski definition) is 2. The minimum absolute atomic E-state index is 0.374. The number of nitrogens with zero attached hydrogens (tertiary/aromatic N) is 1. The normalized spacial score (nSPS) is 26.5. The first-order chi connectivity index (χ1) is 7.66. The van der Waals surface area contributed by atoms with Crippen LogP contribution >= 0.6 is 0 Å². The van der Waals surface area contributed by atoms with Crippen molar-refractivity contribution in [3.8, 4) is 0 Å². The molecule has 2 rings (SSSR count). The minimum atomic E-state index is 0.374. The van der Waals surface area contributed by atoms with Crippen LogP contribution in [0.15, 0.2) is 24.4 Å². The van der Waals surface area contributed by atoms with Crippen LogP contribution in [0, 0.1) is 11.8 Å². The lowest BCUT2D eigenvalue weighted by Gasteiger charge is -2.40. The van der Waals surface area contributed by atoms with E-state index in [2.05, 4.69) is 43.2 Å². The number of hydrogen-bond donors (Lipinski definition) is 1. The molecule has 1 fully saturated rings. The van der Waals surface area contributed by atoms with Gasteiger partial charge in [-0.3, -0.25) is 4.98 Å². The van der Waals surface area contributed by atoms with E-state index >= 15 is 0 Å². The molecule has 16 heavy (non-hydrogen) atoms. The molecule has 88 valence electrons. The molecular formula is C14H22N2. The fourth-order valence-corrected chi connectivity index (χ4v) is 2.41. The quantitative estimate of drug-likeness (QED) is 0.839. The molecule has 0 saturated heterocycles. The van der Waals surface area contributed by atoms with Gasteiger partial charge in [0.05, 0.1) is 5.69 Å². The molecule has 1 aliphatic rings. The maximum atomic E-state index is 4.38. The highest BCUT2D eigenvalue weighted by molar-refractivity contribution is 5.08. The van der Waals surface area contributed by atoms with Crippen molar-refractivity contribution in [2.75, 3.05) is 0 Å². The summed E-state index contributed by atoms with van der Waals surface area (Å²) >= 11 is 0. The Bertz CT molecular complexity index is 315. The number of pyridine rings is 1. The van der Waals surface area contributed by atoms with E-state index in [-0.39, 0.29) is 0 Å². The lowest BCUT2D eigenvalue weighted by Crippen LogP contribution is -2.44. The van der Waals surface area contributed by atoms with E-state index < -0.39 is 0 Å². The van der Waals surface area contributed by atoms with Crippen molar-refractivity contribution >= 4 is 0 Å². The highest BCUT2D eigenvalue weighted by atomic mass is 15.0. The van der Waals surface area contributed by atoms with Crippen molar-refractivity contribution in [3.63, 3.8) is 0 Å². The Balaban J connectivity index is 1.80. The van der Waals surface area contributed by atoms with Gasteiger partial charge in [-0.25, -0.2) is 0 Å². The number of aromatic nitrogens is 1. The minimum Gasteiger partial charge on any atom is -0.306 e. The largest absolute Gasteiger partial charge is 0.306 e. The monoisotopic (exact) mass is 218 g/mol. The molecule has 1 aromatic rings. The molecule has 0 bridgehead atoms. The Labute approximate surface area is 98.5 Å². The zero-order valence-electron chi connectivity index (χ0n) is 10.5. The van der Waals surface area contributed by atoms with Gasteiger partial charge < -0.3 is 5.32 Å². The van der Waals surface area contributed by atoms with Crippen LogP contribution in [0.1, 0.15) is 45.3 Å². The van der Waals surface area contributed by atoms with Gasteiger partial charge in [0.15, 0.2) is 0 Å². The van der Waals surface area contributed by atoms with Crippen LogP contribution in [0.4, 0.5) is 0 Å². The van der Waals surface area contributed by atoms with E-state index in [1.807, 2.05) is 12.3 Å². The second kappa shape index (κ2) is 4.96. The third-order valence-corrected chi connectivity index (χ3v) is 3.73. The predicted octanol–water partition coefficient (Wildman–Crippen LogP) is 3.17. The van der Waals surface area contributed by atoms with Gasteiger partial charge >= 0.3 is 0 Å². The van der Waals surface area contributed by atoms with Crippen LogP contribution in [-0.2, 0) is 0 Å². The molecule has 1 heterocycles. The predicted molar refractivity (Wildman–Crippen MR) is 67.1 cm³/mol. The van der Waals surface area contributed by atoms with Gasteiger partial charge in [-0.05, 0) is 43.7 Å². The Morgan fingerprint density at radius 1 is 1.25 bits per heavy atom. The molecule has 0 radical (unpaired) electrons. The van der Waals surface area contributed by atoms with Crippen LogP contribution in [0.5, 0.6) is 0 Å². The summed E-state index contributed by atoms with van der Waals surface area (Å²) in [5, 5.41) is 3.65. The summed E-state index contributed by atoms with van der Waals surface area (Å²) in [5.74, 6) is 1.76. The maximum absolute atomic E-state index is 4.38. The van der Waals surface area contributed by atoms with Crippen molar-refractivity contribution in [3.05, 3.63) is 30.1 Å². The van der Waals surface area contributed by atoms with Gasteiger partial charge in [0, 0.05) is 18.3 Å². The van der Waals surface area contributed by atoms with Gasteiger partial charge in [0.25, 0.3) is 0 Å². The van der Waals surface area contributed by atoms with Gasteiger partial charge in [0.2, 0.25) is 0 Å². The van der Waals surface area contributed by atoms with E-state index in [4.69, 9.17) is 0 Å². The molecule has 1 aliphatic carbocycles. The second-order valence-corrected chi connectivity index (χ2v) is 5.32. The SMILES string of the molecule is CC(C)C1CC(N[C@@H](C)c2ccccn2)C1. The lowest BCUT2D eigenvalue weighted by molar-refractivity contribution is 0.159. The molecular weight excluding hydrogens is 196 g/mol. The lowest BCUT2D eigenvalue weighted by atomic mass is 9.73. The maximum Gasteiger partial charge on any atom is 0.0570 e. The molecule has 0 unspecified atom stereocenters. The van der Waals surface area contributed by atoms with E-state index in [0.29, 0.717) is 12.1 Å². The Kier molecular flexibility index (Phi) is 3.59. The molecule has 1 saturated carbocycles. The second-order valence-electron chi connectivity index (χ2n) is 5.32. The zero-order chi connectivity index (χ0) is 11.5. The summed E-state index contributed by atoms with van der Waals surface area (Å²) in [6.07, 6.45) is 4.52. The molecule has 2 nitrogen and oxygen atoms in total. The van der Waals surface area contributed by atoms with Gasteiger partial charge in [-0.2, -0.15) is 0 Å². The van der Waals surface area contributed by atoms with E-state index in [9.17, 15) is 0 Å². The average molecular weight is 218 g/mol. The molecule has 0 aromatic carbocycles. The smallest absolute Gasteiger partial charge is 0.0570 e. The Morgan fingerprint density at radius 3 is 2.56 bits per heavy atom. The van der Waals surface area contributed by atoms with Gasteiger partial charge in [-0.1, -0.05) is 19.9 Å². The summed E-state index contributed by atoms with van der Waals surface area (Å²) in [7, 11) is 0. The van der Waals surface area contributed by atoms with Crippen molar-refractivity contribution in [1.29, 1.82) is 0 Å². The highest BCUT2D eigenvalue weighted by Crippen LogP contribution is 2.34. The number of rotatable bonds is 4. The summed E-state index contributed by atoms with van der Waals surface area (Å²) in [4.78, 5) is 4.38. The van der Waals surface area contributed by atoms with E-state index in [1.54, 1.807) is 0 Å². The summed E-state index contributed by atoms with van der Waals surface area (Å²) in [5.41, 5.74) is 1.15. The van der Waals surface area contributed by atoms with Crippen LogP contribution in [0.25, 0.3) is 0 Å². The summed E-state index contributed by atoms with van der Waals surface area (Å²) in [6, 6.07) is 7.19. The third kappa shape index (κ3) is 2.62. The van der Waals surface area contributed by atoms with Crippen molar-refractivity contribution in [2.45, 2.75) is 45.7 Å². The van der Waals surface area contributed by atoms with Crippen LogP contribution in [-0.4, -0.2) is 11.0 Å². The molecule has 0 amide bonds. The third-order valence-electron chi connectivity index (χ3n) is 3.73. The first-order valence-electron chi connectivity index (χ1n) is 6.33. The topological polar surface area (TPSA) is 24.9 Å². The molecule has 0 aliphatic heterocycles. The molecule has 1 N–H and O–H groups in total. The fourth-order valence-electron chi connectivity index (χ4n) is 2.41. The molecule has 0 spiro atoms. The Hall–Kier alpha value is -0.890. The number of nitrogens with one attached hydrogen (secondary N) is 1. The molecule has 1 atom stereocenters. The molecule has 2 heteroatoms. The Morgan fingerprint density at radius 2 is 2.00 bits per heavy atom. The average Bonchev–Trinajstić information content (AvgIpc) is 2.23. The highest BCUT2D eigenvalue weighted by Gasteiger charge is 2.31. The summed E-state index contributed by atoms with van der Waals surface area (Å²) < 4.78 is 0.